The van der Waals surface area contributed by atoms with Crippen LogP contribution in [0.2, 0.25) is 0 Å². The van der Waals surface area contributed by atoms with E-state index >= 15 is 0 Å². The quantitative estimate of drug-likeness (QED) is 0.617. The second kappa shape index (κ2) is 2.67. The molecule has 2 heteroatoms. The number of thiophene rings is 1. The van der Waals surface area contributed by atoms with Gasteiger partial charge in [-0.2, -0.15) is 0 Å². The molecule has 0 amide bonds. The number of rotatable bonds is 0. The first-order valence-electron chi connectivity index (χ1n) is 4.48. The second-order valence-corrected chi connectivity index (χ2v) is 4.32. The molecule has 1 aliphatic rings. The monoisotopic (exact) mass is 187 g/mol. The molecule has 0 saturated heterocycles. The molecule has 0 aromatic carbocycles. The van der Waals surface area contributed by atoms with Crippen LogP contribution in [0.15, 0.2) is 24.4 Å². The zero-order valence-electron chi connectivity index (χ0n) is 7.16. The Morgan fingerprint density at radius 2 is 2.38 bits per heavy atom. The number of aryl methyl sites for hydroxylation is 1. The van der Waals surface area contributed by atoms with Crippen molar-refractivity contribution in [1.29, 1.82) is 0 Å². The molecule has 0 fully saturated rings. The minimum absolute atomic E-state index is 1.18. The van der Waals surface area contributed by atoms with E-state index in [0.717, 1.165) is 0 Å². The maximum absolute atomic E-state index is 4.37. The van der Waals surface area contributed by atoms with Crippen molar-refractivity contribution >= 4 is 27.6 Å². The summed E-state index contributed by atoms with van der Waals surface area (Å²) < 4.78 is 0. The predicted molar refractivity (Wildman–Crippen MR) is 57.0 cm³/mol. The molecule has 0 atom stereocenters. The van der Waals surface area contributed by atoms with Crippen LogP contribution in [-0.4, -0.2) is 4.98 Å². The molecule has 2 aromatic rings. The van der Waals surface area contributed by atoms with Gasteiger partial charge >= 0.3 is 0 Å². The molecule has 2 heterocycles. The molecule has 2 aromatic heterocycles. The minimum Gasteiger partial charge on any atom is -0.245 e. The van der Waals surface area contributed by atoms with Crippen molar-refractivity contribution in [2.24, 2.45) is 0 Å². The van der Waals surface area contributed by atoms with Crippen LogP contribution in [0.1, 0.15) is 16.9 Å². The summed E-state index contributed by atoms with van der Waals surface area (Å²) in [5, 5.41) is 1.32. The van der Waals surface area contributed by atoms with Crippen molar-refractivity contribution in [3.05, 3.63) is 34.8 Å². The van der Waals surface area contributed by atoms with Gasteiger partial charge in [-0.3, -0.25) is 0 Å². The summed E-state index contributed by atoms with van der Waals surface area (Å²) in [6.45, 7) is 0. The van der Waals surface area contributed by atoms with Gasteiger partial charge in [-0.05, 0) is 30.5 Å². The fraction of sp³-hybridized carbons (Fsp3) is 0.182. The van der Waals surface area contributed by atoms with Crippen molar-refractivity contribution in [3.8, 4) is 0 Å². The maximum atomic E-state index is 4.37. The molecule has 13 heavy (non-hydrogen) atoms. The third kappa shape index (κ3) is 1.02. The van der Waals surface area contributed by atoms with Crippen LogP contribution in [0.25, 0.3) is 16.3 Å². The molecular weight excluding hydrogens is 178 g/mol. The van der Waals surface area contributed by atoms with Crippen molar-refractivity contribution < 1.29 is 0 Å². The third-order valence-corrected chi connectivity index (χ3v) is 3.59. The van der Waals surface area contributed by atoms with E-state index in [-0.39, 0.29) is 0 Å². The average molecular weight is 187 g/mol. The first kappa shape index (κ1) is 7.27. The lowest BCUT2D eigenvalue weighted by atomic mass is 10.0. The van der Waals surface area contributed by atoms with E-state index in [1.807, 2.05) is 23.6 Å². The highest BCUT2D eigenvalue weighted by Gasteiger charge is 2.11. The predicted octanol–water partition coefficient (Wildman–Crippen LogP) is 3.26. The Kier molecular flexibility index (Phi) is 1.49. The van der Waals surface area contributed by atoms with Gasteiger partial charge in [-0.1, -0.05) is 12.2 Å². The van der Waals surface area contributed by atoms with Crippen molar-refractivity contribution in [1.82, 2.24) is 4.98 Å². The average Bonchev–Trinajstić information content (AvgIpc) is 2.56. The van der Waals surface area contributed by atoms with Crippen LogP contribution in [0, 0.1) is 0 Å². The summed E-state index contributed by atoms with van der Waals surface area (Å²) >= 11 is 1.84. The minimum atomic E-state index is 1.18. The number of allylic oxidation sites excluding steroid dienone is 1. The van der Waals surface area contributed by atoms with Crippen LogP contribution in [0.5, 0.6) is 0 Å². The smallest absolute Gasteiger partial charge is 0.124 e. The Balaban J connectivity index is 2.42. The highest BCUT2D eigenvalue weighted by atomic mass is 32.1. The molecule has 0 radical (unpaired) electrons. The number of aromatic nitrogens is 1. The number of fused-ring (bicyclic) bond motifs is 3. The van der Waals surface area contributed by atoms with E-state index in [1.165, 1.54) is 33.5 Å². The Morgan fingerprint density at radius 3 is 3.38 bits per heavy atom. The molecule has 3 rings (SSSR count). The number of nitrogens with zero attached hydrogens (tertiary/aromatic N) is 1. The van der Waals surface area contributed by atoms with Crippen LogP contribution in [-0.2, 0) is 6.42 Å². The van der Waals surface area contributed by atoms with Crippen LogP contribution >= 0.6 is 11.3 Å². The largest absolute Gasteiger partial charge is 0.245 e. The Bertz CT molecular complexity index is 482. The summed E-state index contributed by atoms with van der Waals surface area (Å²) in [4.78, 5) is 7.05. The highest BCUT2D eigenvalue weighted by Crippen LogP contribution is 2.33. The summed E-state index contributed by atoms with van der Waals surface area (Å²) in [6, 6.07) is 4.17. The van der Waals surface area contributed by atoms with Gasteiger partial charge in [0.2, 0.25) is 0 Å². The summed E-state index contributed by atoms with van der Waals surface area (Å²) in [5.74, 6) is 0. The van der Waals surface area contributed by atoms with E-state index in [1.54, 1.807) is 0 Å². The van der Waals surface area contributed by atoms with Crippen molar-refractivity contribution in [3.63, 3.8) is 0 Å². The molecule has 0 saturated carbocycles. The molecule has 0 bridgehead atoms. The summed E-state index contributed by atoms with van der Waals surface area (Å²) in [7, 11) is 0. The Morgan fingerprint density at radius 1 is 1.38 bits per heavy atom. The molecule has 1 aliphatic carbocycles. The number of hydrogen-bond acceptors (Lipinski definition) is 2. The zero-order valence-corrected chi connectivity index (χ0v) is 7.97. The fourth-order valence-electron chi connectivity index (χ4n) is 1.78. The van der Waals surface area contributed by atoms with Crippen molar-refractivity contribution in [2.75, 3.05) is 0 Å². The lowest BCUT2D eigenvalue weighted by molar-refractivity contribution is 1.02. The van der Waals surface area contributed by atoms with E-state index in [2.05, 4.69) is 23.2 Å². The van der Waals surface area contributed by atoms with Crippen LogP contribution < -0.4 is 0 Å². The standard InChI is InChI=1S/C11H9NS/c1-2-6-10-8(4-1)9-5-3-7-12-11(9)13-10/h1,3-5,7H,2,6H2. The normalized spacial score (nSPS) is 14.8. The summed E-state index contributed by atoms with van der Waals surface area (Å²) in [6.07, 6.45) is 8.72. The molecule has 0 spiro atoms. The van der Waals surface area contributed by atoms with Gasteiger partial charge in [0.1, 0.15) is 4.83 Å². The first-order chi connectivity index (χ1) is 6.45. The molecule has 0 unspecified atom stereocenters. The molecule has 0 N–H and O–H groups in total. The number of pyridine rings is 1. The molecule has 1 nitrogen and oxygen atoms in total. The first-order valence-corrected chi connectivity index (χ1v) is 5.30. The van der Waals surface area contributed by atoms with Gasteiger partial charge < -0.3 is 0 Å². The van der Waals surface area contributed by atoms with Gasteiger partial charge in [-0.25, -0.2) is 4.98 Å². The Hall–Kier alpha value is -1.15. The van der Waals surface area contributed by atoms with Gasteiger partial charge in [0.05, 0.1) is 0 Å². The summed E-state index contributed by atoms with van der Waals surface area (Å²) in [5.41, 5.74) is 1.40. The second-order valence-electron chi connectivity index (χ2n) is 3.24. The van der Waals surface area contributed by atoms with Gasteiger partial charge in [0.25, 0.3) is 0 Å². The van der Waals surface area contributed by atoms with Crippen LogP contribution in [0.4, 0.5) is 0 Å². The molecular formula is C11H9NS. The topological polar surface area (TPSA) is 12.9 Å². The van der Waals surface area contributed by atoms with Gasteiger partial charge in [-0.15, -0.1) is 11.3 Å². The van der Waals surface area contributed by atoms with E-state index in [9.17, 15) is 0 Å². The number of hydrogen-bond donors (Lipinski definition) is 0. The molecule has 0 aliphatic heterocycles. The van der Waals surface area contributed by atoms with Crippen LogP contribution in [0.3, 0.4) is 0 Å². The van der Waals surface area contributed by atoms with Crippen molar-refractivity contribution in [2.45, 2.75) is 12.8 Å². The molecule has 64 valence electrons. The lowest BCUT2D eigenvalue weighted by Gasteiger charge is -2.02. The maximum Gasteiger partial charge on any atom is 0.124 e. The van der Waals surface area contributed by atoms with Gasteiger partial charge in [0, 0.05) is 16.5 Å². The zero-order chi connectivity index (χ0) is 8.67. The third-order valence-electron chi connectivity index (χ3n) is 2.40. The van der Waals surface area contributed by atoms with E-state index < -0.39 is 0 Å². The highest BCUT2D eigenvalue weighted by molar-refractivity contribution is 7.19. The van der Waals surface area contributed by atoms with Gasteiger partial charge in [0.15, 0.2) is 0 Å². The SMILES string of the molecule is C1=Cc2c(sc3ncccc23)CC1. The Labute approximate surface area is 80.7 Å². The van der Waals surface area contributed by atoms with E-state index in [4.69, 9.17) is 0 Å². The lowest BCUT2D eigenvalue weighted by Crippen LogP contribution is -1.86. The fourth-order valence-corrected chi connectivity index (χ4v) is 2.93. The van der Waals surface area contributed by atoms with E-state index in [0.29, 0.717) is 0 Å².